The Hall–Kier alpha value is -2.11. The second kappa shape index (κ2) is 3.80. The lowest BCUT2D eigenvalue weighted by Gasteiger charge is -2.08. The smallest absolute Gasteiger partial charge is 0.422 e. The van der Waals surface area contributed by atoms with Crippen molar-refractivity contribution < 1.29 is 13.9 Å². The molecule has 2 aromatic rings. The summed E-state index contributed by atoms with van der Waals surface area (Å²) in [4.78, 5) is 26.9. The molecule has 6 nitrogen and oxygen atoms in total. The molecule has 0 bridgehead atoms. The number of methoxy groups -OCH3 is 1. The summed E-state index contributed by atoms with van der Waals surface area (Å²) in [5, 5.41) is 0. The summed E-state index contributed by atoms with van der Waals surface area (Å²) < 4.78 is 10.7. The lowest BCUT2D eigenvalue weighted by molar-refractivity contribution is -0.144. The summed E-state index contributed by atoms with van der Waals surface area (Å²) in [5.41, 5.74) is 0.689. The maximum absolute atomic E-state index is 11.5. The third-order valence-corrected chi connectivity index (χ3v) is 2.30. The van der Waals surface area contributed by atoms with Crippen LogP contribution in [-0.4, -0.2) is 22.6 Å². The molecular weight excluding hydrogens is 212 g/mol. The van der Waals surface area contributed by atoms with Crippen LogP contribution in [-0.2, 0) is 9.53 Å². The van der Waals surface area contributed by atoms with Crippen molar-refractivity contribution >= 4 is 17.2 Å². The highest BCUT2D eigenvalue weighted by atomic mass is 16.5. The largest absolute Gasteiger partial charge is 0.467 e. The number of rotatable bonds is 2. The molecule has 84 valence electrons. The SMILES string of the molecule is COC(=O)C(C)n1c(=O)oc2cccnc21. The monoisotopic (exact) mass is 222 g/mol. The van der Waals surface area contributed by atoms with Crippen LogP contribution in [0.4, 0.5) is 0 Å². The Morgan fingerprint density at radius 1 is 1.62 bits per heavy atom. The van der Waals surface area contributed by atoms with Crippen LogP contribution in [0.2, 0.25) is 0 Å². The maximum atomic E-state index is 11.5. The molecule has 0 aliphatic rings. The molecule has 0 saturated carbocycles. The summed E-state index contributed by atoms with van der Waals surface area (Å²) in [7, 11) is 1.26. The Morgan fingerprint density at radius 2 is 2.38 bits per heavy atom. The van der Waals surface area contributed by atoms with Crippen LogP contribution in [0.5, 0.6) is 0 Å². The minimum absolute atomic E-state index is 0.338. The van der Waals surface area contributed by atoms with Gasteiger partial charge >= 0.3 is 11.7 Å². The van der Waals surface area contributed by atoms with E-state index in [0.29, 0.717) is 11.2 Å². The predicted octanol–water partition coefficient (Wildman–Crippen LogP) is 0.723. The molecule has 0 N–H and O–H groups in total. The van der Waals surface area contributed by atoms with Gasteiger partial charge in [0, 0.05) is 6.20 Å². The van der Waals surface area contributed by atoms with Gasteiger partial charge in [0.25, 0.3) is 0 Å². The number of esters is 1. The zero-order valence-corrected chi connectivity index (χ0v) is 8.84. The molecule has 0 fully saturated rings. The van der Waals surface area contributed by atoms with E-state index in [9.17, 15) is 9.59 Å². The second-order valence-electron chi connectivity index (χ2n) is 3.26. The van der Waals surface area contributed by atoms with Crippen molar-refractivity contribution in [2.24, 2.45) is 0 Å². The molecule has 0 saturated heterocycles. The molecular formula is C10H10N2O4. The number of fused-ring (bicyclic) bond motifs is 1. The van der Waals surface area contributed by atoms with E-state index in [1.54, 1.807) is 19.1 Å². The highest BCUT2D eigenvalue weighted by Gasteiger charge is 2.22. The third-order valence-electron chi connectivity index (χ3n) is 2.30. The van der Waals surface area contributed by atoms with Gasteiger partial charge in [0.1, 0.15) is 6.04 Å². The number of hydrogen-bond acceptors (Lipinski definition) is 5. The number of oxazole rings is 1. The Morgan fingerprint density at radius 3 is 3.06 bits per heavy atom. The first-order valence-corrected chi connectivity index (χ1v) is 4.69. The van der Waals surface area contributed by atoms with Crippen molar-refractivity contribution in [1.82, 2.24) is 9.55 Å². The highest BCUT2D eigenvalue weighted by molar-refractivity contribution is 5.77. The third kappa shape index (κ3) is 1.48. The molecule has 2 rings (SSSR count). The van der Waals surface area contributed by atoms with Gasteiger partial charge in [-0.25, -0.2) is 19.1 Å². The van der Waals surface area contributed by atoms with Gasteiger partial charge in [-0.15, -0.1) is 0 Å². The van der Waals surface area contributed by atoms with Crippen LogP contribution in [0.3, 0.4) is 0 Å². The van der Waals surface area contributed by atoms with Gasteiger partial charge in [-0.2, -0.15) is 0 Å². The van der Waals surface area contributed by atoms with Crippen molar-refractivity contribution in [3.8, 4) is 0 Å². The summed E-state index contributed by atoms with van der Waals surface area (Å²) in [6.07, 6.45) is 1.53. The number of ether oxygens (including phenoxy) is 1. The zero-order valence-electron chi connectivity index (χ0n) is 8.84. The quantitative estimate of drug-likeness (QED) is 0.700. The summed E-state index contributed by atoms with van der Waals surface area (Å²) in [6.45, 7) is 1.55. The molecule has 1 unspecified atom stereocenters. The van der Waals surface area contributed by atoms with Gasteiger partial charge in [-0.1, -0.05) is 0 Å². The number of pyridine rings is 1. The van der Waals surface area contributed by atoms with Crippen molar-refractivity contribution in [2.75, 3.05) is 7.11 Å². The van der Waals surface area contributed by atoms with E-state index in [-0.39, 0.29) is 0 Å². The van der Waals surface area contributed by atoms with E-state index in [1.807, 2.05) is 0 Å². The zero-order chi connectivity index (χ0) is 11.7. The molecule has 6 heteroatoms. The average molecular weight is 222 g/mol. The van der Waals surface area contributed by atoms with Crippen LogP contribution in [0, 0.1) is 0 Å². The first-order valence-electron chi connectivity index (χ1n) is 4.69. The first-order chi connectivity index (χ1) is 7.65. The molecule has 0 aliphatic carbocycles. The Kier molecular flexibility index (Phi) is 2.47. The van der Waals surface area contributed by atoms with Crippen LogP contribution in [0.25, 0.3) is 11.2 Å². The number of nitrogens with zero attached hydrogens (tertiary/aromatic N) is 2. The lowest BCUT2D eigenvalue weighted by atomic mass is 10.3. The topological polar surface area (TPSA) is 74.3 Å². The number of hydrogen-bond donors (Lipinski definition) is 0. The maximum Gasteiger partial charge on any atom is 0.422 e. The molecule has 0 radical (unpaired) electrons. The first kappa shape index (κ1) is 10.4. The molecule has 2 heterocycles. The van der Waals surface area contributed by atoms with Crippen molar-refractivity contribution in [3.63, 3.8) is 0 Å². The van der Waals surface area contributed by atoms with Crippen LogP contribution < -0.4 is 5.76 Å². The van der Waals surface area contributed by atoms with E-state index >= 15 is 0 Å². The highest BCUT2D eigenvalue weighted by Crippen LogP contribution is 2.14. The fourth-order valence-corrected chi connectivity index (χ4v) is 1.49. The van der Waals surface area contributed by atoms with Gasteiger partial charge in [0.05, 0.1) is 7.11 Å². The van der Waals surface area contributed by atoms with Gasteiger partial charge < -0.3 is 9.15 Å². The van der Waals surface area contributed by atoms with Gasteiger partial charge in [-0.05, 0) is 19.1 Å². The molecule has 16 heavy (non-hydrogen) atoms. The normalized spacial score (nSPS) is 12.6. The summed E-state index contributed by atoms with van der Waals surface area (Å²) in [6, 6.07) is 2.51. The summed E-state index contributed by atoms with van der Waals surface area (Å²) in [5.74, 6) is -1.14. The second-order valence-corrected chi connectivity index (χ2v) is 3.26. The van der Waals surface area contributed by atoms with E-state index in [1.165, 1.54) is 17.9 Å². The van der Waals surface area contributed by atoms with Gasteiger partial charge in [-0.3, -0.25) is 0 Å². The summed E-state index contributed by atoms with van der Waals surface area (Å²) >= 11 is 0. The van der Waals surface area contributed by atoms with E-state index in [4.69, 9.17) is 4.42 Å². The molecule has 2 aromatic heterocycles. The molecule has 1 atom stereocenters. The van der Waals surface area contributed by atoms with Gasteiger partial charge in [0.15, 0.2) is 11.2 Å². The minimum atomic E-state index is -0.756. The van der Waals surface area contributed by atoms with Crippen molar-refractivity contribution in [3.05, 3.63) is 28.9 Å². The van der Waals surface area contributed by atoms with Crippen molar-refractivity contribution in [1.29, 1.82) is 0 Å². The Bertz CT molecular complexity index is 584. The molecule has 0 aliphatic heterocycles. The standard InChI is InChI=1S/C10H10N2O4/c1-6(9(13)15-2)12-8-7(16-10(12)14)4-3-5-11-8/h3-6H,1-2H3. The van der Waals surface area contributed by atoms with Crippen LogP contribution in [0.1, 0.15) is 13.0 Å². The van der Waals surface area contributed by atoms with Crippen LogP contribution >= 0.6 is 0 Å². The average Bonchev–Trinajstić information content (AvgIpc) is 2.63. The molecule has 0 amide bonds. The number of aromatic nitrogens is 2. The Labute approximate surface area is 90.5 Å². The van der Waals surface area contributed by atoms with E-state index in [0.717, 1.165) is 0 Å². The number of carbonyl (C=O) groups excluding carboxylic acids is 1. The van der Waals surface area contributed by atoms with Crippen molar-refractivity contribution in [2.45, 2.75) is 13.0 Å². The van der Waals surface area contributed by atoms with E-state index in [2.05, 4.69) is 9.72 Å². The fraction of sp³-hybridized carbons (Fsp3) is 0.300. The molecule has 0 aromatic carbocycles. The van der Waals surface area contributed by atoms with Crippen LogP contribution in [0.15, 0.2) is 27.5 Å². The minimum Gasteiger partial charge on any atom is -0.467 e. The lowest BCUT2D eigenvalue weighted by Crippen LogP contribution is -2.25. The Balaban J connectivity index is 2.64. The predicted molar refractivity (Wildman–Crippen MR) is 55.0 cm³/mol. The van der Waals surface area contributed by atoms with E-state index < -0.39 is 17.8 Å². The number of carbonyl (C=O) groups is 1. The van der Waals surface area contributed by atoms with Gasteiger partial charge in [0.2, 0.25) is 0 Å². The fourth-order valence-electron chi connectivity index (χ4n) is 1.49. The molecule has 0 spiro atoms.